The molecule has 0 fully saturated rings. The van der Waals surface area contributed by atoms with Gasteiger partial charge in [-0.1, -0.05) is 6.92 Å². The zero-order valence-electron chi connectivity index (χ0n) is 9.63. The van der Waals surface area contributed by atoms with Crippen molar-refractivity contribution >= 4 is 10.0 Å². The Kier molecular flexibility index (Phi) is 4.98. The summed E-state index contributed by atoms with van der Waals surface area (Å²) in [5.41, 5.74) is 5.34. The highest BCUT2D eigenvalue weighted by molar-refractivity contribution is 7.89. The Bertz CT molecular complexity index is 464. The predicted octanol–water partition coefficient (Wildman–Crippen LogP) is 0.580. The molecular formula is C10H16FN3O2S. The third-order valence-corrected chi connectivity index (χ3v) is 4.22. The van der Waals surface area contributed by atoms with Crippen LogP contribution in [0, 0.1) is 5.82 Å². The molecule has 0 unspecified atom stereocenters. The third kappa shape index (κ3) is 3.45. The van der Waals surface area contributed by atoms with Gasteiger partial charge in [0.15, 0.2) is 0 Å². The van der Waals surface area contributed by atoms with Crippen LogP contribution in [0.5, 0.6) is 0 Å². The molecule has 0 aliphatic heterocycles. The zero-order chi connectivity index (χ0) is 12.9. The molecule has 0 amide bonds. The minimum Gasteiger partial charge on any atom is -0.330 e. The van der Waals surface area contributed by atoms with Crippen LogP contribution in [0.25, 0.3) is 0 Å². The maximum atomic E-state index is 13.0. The number of nitrogens with zero attached hydrogens (tertiary/aromatic N) is 2. The molecule has 17 heavy (non-hydrogen) atoms. The number of nitrogens with two attached hydrogens (primary N) is 1. The van der Waals surface area contributed by atoms with Gasteiger partial charge in [-0.05, 0) is 19.0 Å². The van der Waals surface area contributed by atoms with Crippen LogP contribution in [-0.2, 0) is 10.0 Å². The average molecular weight is 261 g/mol. The van der Waals surface area contributed by atoms with Gasteiger partial charge in [-0.15, -0.1) is 0 Å². The lowest BCUT2D eigenvalue weighted by Crippen LogP contribution is -2.33. The fraction of sp³-hybridized carbons (Fsp3) is 0.500. The SMILES string of the molecule is CCN(CCCN)S(=O)(=O)c1cncc(F)c1. The summed E-state index contributed by atoms with van der Waals surface area (Å²) in [5, 5.41) is 0. The first-order valence-corrected chi connectivity index (χ1v) is 6.77. The lowest BCUT2D eigenvalue weighted by Gasteiger charge is -2.19. The minimum atomic E-state index is -3.67. The maximum Gasteiger partial charge on any atom is 0.244 e. The fourth-order valence-electron chi connectivity index (χ4n) is 1.40. The summed E-state index contributed by atoms with van der Waals surface area (Å²) in [4.78, 5) is 3.41. The molecule has 5 nitrogen and oxygen atoms in total. The van der Waals surface area contributed by atoms with E-state index in [1.54, 1.807) is 6.92 Å². The number of hydrogen-bond donors (Lipinski definition) is 1. The molecule has 0 saturated heterocycles. The van der Waals surface area contributed by atoms with E-state index in [-0.39, 0.29) is 4.90 Å². The Balaban J connectivity index is 3.00. The summed E-state index contributed by atoms with van der Waals surface area (Å²) in [6.07, 6.45) is 2.68. The van der Waals surface area contributed by atoms with E-state index >= 15 is 0 Å². The first kappa shape index (κ1) is 14.0. The van der Waals surface area contributed by atoms with Crippen LogP contribution in [0.15, 0.2) is 23.4 Å². The third-order valence-electron chi connectivity index (χ3n) is 2.28. The van der Waals surface area contributed by atoms with Crippen LogP contribution in [0.4, 0.5) is 4.39 Å². The molecule has 0 aromatic carbocycles. The van der Waals surface area contributed by atoms with Gasteiger partial charge in [0.1, 0.15) is 10.7 Å². The Hall–Kier alpha value is -1.05. The van der Waals surface area contributed by atoms with E-state index in [0.717, 1.165) is 18.5 Å². The Morgan fingerprint density at radius 1 is 1.47 bits per heavy atom. The molecule has 1 aromatic rings. The number of aromatic nitrogens is 1. The van der Waals surface area contributed by atoms with Gasteiger partial charge in [-0.25, -0.2) is 12.8 Å². The average Bonchev–Trinajstić information content (AvgIpc) is 2.30. The molecule has 96 valence electrons. The summed E-state index contributed by atoms with van der Waals surface area (Å²) in [6.45, 7) is 2.78. The molecule has 1 heterocycles. The highest BCUT2D eigenvalue weighted by Crippen LogP contribution is 2.15. The van der Waals surface area contributed by atoms with Crippen molar-refractivity contribution in [2.24, 2.45) is 5.73 Å². The molecule has 7 heteroatoms. The minimum absolute atomic E-state index is 0.128. The van der Waals surface area contributed by atoms with Gasteiger partial charge in [0.2, 0.25) is 10.0 Å². The summed E-state index contributed by atoms with van der Waals surface area (Å²) < 4.78 is 38.4. The standard InChI is InChI=1S/C10H16FN3O2S/c1-2-14(5-3-4-12)17(15,16)10-6-9(11)7-13-8-10/h6-8H,2-5,12H2,1H3. The van der Waals surface area contributed by atoms with E-state index in [9.17, 15) is 12.8 Å². The first-order valence-electron chi connectivity index (χ1n) is 5.33. The normalized spacial score (nSPS) is 12.0. The molecule has 0 aliphatic carbocycles. The monoisotopic (exact) mass is 261 g/mol. The Labute approximate surface area is 101 Å². The van der Waals surface area contributed by atoms with E-state index in [1.165, 1.54) is 4.31 Å². The van der Waals surface area contributed by atoms with Crippen molar-refractivity contribution in [3.8, 4) is 0 Å². The van der Waals surface area contributed by atoms with E-state index in [2.05, 4.69) is 4.98 Å². The summed E-state index contributed by atoms with van der Waals surface area (Å²) in [6, 6.07) is 0.966. The van der Waals surface area contributed by atoms with Crippen molar-refractivity contribution in [2.75, 3.05) is 19.6 Å². The van der Waals surface area contributed by atoms with Gasteiger partial charge < -0.3 is 5.73 Å². The lowest BCUT2D eigenvalue weighted by molar-refractivity contribution is 0.422. The molecule has 2 N–H and O–H groups in total. The molecule has 0 aliphatic rings. The Morgan fingerprint density at radius 2 is 2.18 bits per heavy atom. The number of rotatable bonds is 6. The topological polar surface area (TPSA) is 76.3 Å². The van der Waals surface area contributed by atoms with Crippen LogP contribution < -0.4 is 5.73 Å². The van der Waals surface area contributed by atoms with Gasteiger partial charge in [0.25, 0.3) is 0 Å². The highest BCUT2D eigenvalue weighted by Gasteiger charge is 2.23. The van der Waals surface area contributed by atoms with E-state index in [0.29, 0.717) is 26.1 Å². The predicted molar refractivity (Wildman–Crippen MR) is 62.3 cm³/mol. The van der Waals surface area contributed by atoms with E-state index in [1.807, 2.05) is 0 Å². The number of hydrogen-bond acceptors (Lipinski definition) is 4. The molecular weight excluding hydrogens is 245 g/mol. The van der Waals surface area contributed by atoms with Gasteiger partial charge in [0, 0.05) is 19.3 Å². The van der Waals surface area contributed by atoms with Gasteiger partial charge >= 0.3 is 0 Å². The molecule has 0 radical (unpaired) electrons. The highest BCUT2D eigenvalue weighted by atomic mass is 32.2. The van der Waals surface area contributed by atoms with Crippen molar-refractivity contribution in [3.05, 3.63) is 24.3 Å². The molecule has 0 bridgehead atoms. The van der Waals surface area contributed by atoms with E-state index < -0.39 is 15.8 Å². The lowest BCUT2D eigenvalue weighted by atomic mass is 10.4. The van der Waals surface area contributed by atoms with Crippen LogP contribution in [-0.4, -0.2) is 37.3 Å². The van der Waals surface area contributed by atoms with Crippen molar-refractivity contribution in [3.63, 3.8) is 0 Å². The zero-order valence-corrected chi connectivity index (χ0v) is 10.5. The second-order valence-corrected chi connectivity index (χ2v) is 5.42. The van der Waals surface area contributed by atoms with Crippen molar-refractivity contribution in [2.45, 2.75) is 18.2 Å². The van der Waals surface area contributed by atoms with Crippen molar-refractivity contribution < 1.29 is 12.8 Å². The van der Waals surface area contributed by atoms with Gasteiger partial charge in [-0.2, -0.15) is 4.31 Å². The number of sulfonamides is 1. The number of pyridine rings is 1. The quantitative estimate of drug-likeness (QED) is 0.812. The van der Waals surface area contributed by atoms with Crippen molar-refractivity contribution in [1.82, 2.24) is 9.29 Å². The summed E-state index contributed by atoms with van der Waals surface area (Å²) in [7, 11) is -3.67. The van der Waals surface area contributed by atoms with Gasteiger partial charge in [-0.3, -0.25) is 4.98 Å². The second kappa shape index (κ2) is 6.04. The van der Waals surface area contributed by atoms with Crippen LogP contribution in [0.1, 0.15) is 13.3 Å². The van der Waals surface area contributed by atoms with E-state index in [4.69, 9.17) is 5.73 Å². The second-order valence-electron chi connectivity index (χ2n) is 3.48. The smallest absolute Gasteiger partial charge is 0.244 e. The molecule has 1 rings (SSSR count). The number of halogens is 1. The largest absolute Gasteiger partial charge is 0.330 e. The summed E-state index contributed by atoms with van der Waals surface area (Å²) in [5.74, 6) is -0.666. The first-order chi connectivity index (χ1) is 8.02. The van der Waals surface area contributed by atoms with Crippen LogP contribution >= 0.6 is 0 Å². The summed E-state index contributed by atoms with van der Waals surface area (Å²) >= 11 is 0. The van der Waals surface area contributed by atoms with Crippen molar-refractivity contribution in [1.29, 1.82) is 0 Å². The van der Waals surface area contributed by atoms with Gasteiger partial charge in [0.05, 0.1) is 6.20 Å². The molecule has 0 atom stereocenters. The van der Waals surface area contributed by atoms with Crippen LogP contribution in [0.2, 0.25) is 0 Å². The maximum absolute atomic E-state index is 13.0. The van der Waals surface area contributed by atoms with Crippen LogP contribution in [0.3, 0.4) is 0 Å². The molecule has 1 aromatic heterocycles. The fourth-order valence-corrected chi connectivity index (χ4v) is 2.86. The molecule has 0 spiro atoms. The Morgan fingerprint density at radius 3 is 2.71 bits per heavy atom. The molecule has 0 saturated carbocycles.